The van der Waals surface area contributed by atoms with E-state index in [0.29, 0.717) is 18.7 Å². The van der Waals surface area contributed by atoms with E-state index in [1.165, 1.54) is 0 Å². The third-order valence-electron chi connectivity index (χ3n) is 4.78. The fraction of sp³-hybridized carbons (Fsp3) is 0.529. The van der Waals surface area contributed by atoms with Gasteiger partial charge in [-0.25, -0.2) is 14.2 Å². The molecule has 0 bridgehead atoms. The summed E-state index contributed by atoms with van der Waals surface area (Å²) in [5.41, 5.74) is 1.51. The van der Waals surface area contributed by atoms with Gasteiger partial charge in [0.2, 0.25) is 0 Å². The van der Waals surface area contributed by atoms with Gasteiger partial charge < -0.3 is 10.0 Å². The number of hydrogen-bond donors (Lipinski definition) is 1. The minimum absolute atomic E-state index is 0.217. The molecule has 3 aromatic heterocycles. The summed E-state index contributed by atoms with van der Waals surface area (Å²) in [7, 11) is 0. The second kappa shape index (κ2) is 5.80. The standard InChI is InChI=1S/C17H23N7O/c1-12(2)24-10-15(19-21-24)17(25)5-4-7-22(11-17)16-14-9-13(3)20-23(14)8-6-18-16/h6,8-10,12,25H,4-5,7,11H2,1-3H3. The van der Waals surface area contributed by atoms with Gasteiger partial charge in [0.1, 0.15) is 16.8 Å². The average molecular weight is 341 g/mol. The molecule has 0 aromatic carbocycles. The molecule has 1 atom stereocenters. The first-order valence-corrected chi connectivity index (χ1v) is 8.67. The van der Waals surface area contributed by atoms with Crippen LogP contribution in [0.2, 0.25) is 0 Å². The predicted molar refractivity (Wildman–Crippen MR) is 93.5 cm³/mol. The van der Waals surface area contributed by atoms with Crippen LogP contribution in [0.3, 0.4) is 0 Å². The van der Waals surface area contributed by atoms with Crippen molar-refractivity contribution in [3.8, 4) is 0 Å². The summed E-state index contributed by atoms with van der Waals surface area (Å²) in [5.74, 6) is 0.845. The molecular weight excluding hydrogens is 318 g/mol. The van der Waals surface area contributed by atoms with Crippen molar-refractivity contribution < 1.29 is 5.11 Å². The third kappa shape index (κ3) is 2.76. The highest BCUT2D eigenvalue weighted by Gasteiger charge is 2.38. The molecule has 3 aromatic rings. The van der Waals surface area contributed by atoms with Crippen LogP contribution in [0.25, 0.3) is 5.52 Å². The van der Waals surface area contributed by atoms with Crippen LogP contribution in [0.4, 0.5) is 5.82 Å². The Kier molecular flexibility index (Phi) is 3.72. The van der Waals surface area contributed by atoms with Crippen molar-refractivity contribution in [1.29, 1.82) is 0 Å². The van der Waals surface area contributed by atoms with E-state index in [0.717, 1.165) is 30.0 Å². The Bertz CT molecular complexity index is 899. The number of anilines is 1. The van der Waals surface area contributed by atoms with Gasteiger partial charge in [-0.05, 0) is 39.7 Å². The molecular formula is C17H23N7O. The van der Waals surface area contributed by atoms with Crippen LogP contribution < -0.4 is 4.90 Å². The van der Waals surface area contributed by atoms with Crippen molar-refractivity contribution in [2.24, 2.45) is 0 Å². The predicted octanol–water partition coefficient (Wildman–Crippen LogP) is 1.70. The smallest absolute Gasteiger partial charge is 0.154 e. The molecule has 0 aliphatic carbocycles. The molecule has 0 radical (unpaired) electrons. The molecule has 1 N–H and O–H groups in total. The molecule has 1 unspecified atom stereocenters. The van der Waals surface area contributed by atoms with E-state index < -0.39 is 5.60 Å². The monoisotopic (exact) mass is 341 g/mol. The molecule has 8 nitrogen and oxygen atoms in total. The van der Waals surface area contributed by atoms with Gasteiger partial charge in [-0.3, -0.25) is 0 Å². The summed E-state index contributed by atoms with van der Waals surface area (Å²) in [4.78, 5) is 6.67. The molecule has 1 saturated heterocycles. The molecule has 8 heteroatoms. The zero-order chi connectivity index (χ0) is 17.6. The SMILES string of the molecule is Cc1cc2c(N3CCCC(O)(c4cn(C(C)C)nn4)C3)nccn2n1. The highest BCUT2D eigenvalue weighted by Crippen LogP contribution is 2.33. The Balaban J connectivity index is 1.67. The Morgan fingerprint density at radius 2 is 2.16 bits per heavy atom. The summed E-state index contributed by atoms with van der Waals surface area (Å²) >= 11 is 0. The van der Waals surface area contributed by atoms with Gasteiger partial charge >= 0.3 is 0 Å². The highest BCUT2D eigenvalue weighted by atomic mass is 16.3. The maximum atomic E-state index is 11.2. The fourth-order valence-electron chi connectivity index (χ4n) is 3.44. The highest BCUT2D eigenvalue weighted by molar-refractivity contribution is 5.69. The normalized spacial score (nSPS) is 21.4. The minimum Gasteiger partial charge on any atom is -0.382 e. The van der Waals surface area contributed by atoms with Crippen LogP contribution in [0.1, 0.15) is 44.1 Å². The fourth-order valence-corrected chi connectivity index (χ4v) is 3.44. The van der Waals surface area contributed by atoms with Crippen LogP contribution >= 0.6 is 0 Å². The Hall–Kier alpha value is -2.48. The number of hydrogen-bond acceptors (Lipinski definition) is 6. The van der Waals surface area contributed by atoms with Gasteiger partial charge in [-0.15, -0.1) is 5.10 Å². The maximum Gasteiger partial charge on any atom is 0.154 e. The zero-order valence-corrected chi connectivity index (χ0v) is 14.8. The molecule has 4 rings (SSSR count). The van der Waals surface area contributed by atoms with E-state index in [4.69, 9.17) is 0 Å². The summed E-state index contributed by atoms with van der Waals surface area (Å²) in [6.07, 6.45) is 6.97. The first-order chi connectivity index (χ1) is 12.0. The quantitative estimate of drug-likeness (QED) is 0.780. The van der Waals surface area contributed by atoms with Crippen molar-refractivity contribution >= 4 is 11.3 Å². The van der Waals surface area contributed by atoms with Gasteiger partial charge in [0.05, 0.1) is 18.4 Å². The van der Waals surface area contributed by atoms with E-state index in [9.17, 15) is 5.11 Å². The largest absolute Gasteiger partial charge is 0.382 e. The average Bonchev–Trinajstić information content (AvgIpc) is 3.20. The number of aliphatic hydroxyl groups is 1. The van der Waals surface area contributed by atoms with Crippen LogP contribution in [0.5, 0.6) is 0 Å². The summed E-state index contributed by atoms with van der Waals surface area (Å²) < 4.78 is 3.62. The second-order valence-corrected chi connectivity index (χ2v) is 7.10. The summed E-state index contributed by atoms with van der Waals surface area (Å²) in [6.45, 7) is 7.34. The lowest BCUT2D eigenvalue weighted by Crippen LogP contribution is -2.47. The number of fused-ring (bicyclic) bond motifs is 1. The number of β-amino-alcohol motifs (C(OH)–C–C–N with tert-alkyl or cyclic N) is 1. The van der Waals surface area contributed by atoms with Crippen LogP contribution in [0, 0.1) is 6.92 Å². The molecule has 1 aliphatic heterocycles. The Morgan fingerprint density at radius 1 is 1.32 bits per heavy atom. The van der Waals surface area contributed by atoms with Gasteiger partial charge in [0.15, 0.2) is 5.82 Å². The Labute approximate surface area is 146 Å². The van der Waals surface area contributed by atoms with E-state index >= 15 is 0 Å². The molecule has 25 heavy (non-hydrogen) atoms. The molecule has 0 spiro atoms. The van der Waals surface area contributed by atoms with E-state index in [2.05, 4.69) is 25.3 Å². The van der Waals surface area contributed by atoms with Gasteiger partial charge in [-0.1, -0.05) is 5.21 Å². The lowest BCUT2D eigenvalue weighted by Gasteiger charge is -2.38. The third-order valence-corrected chi connectivity index (χ3v) is 4.78. The number of piperidine rings is 1. The Morgan fingerprint density at radius 3 is 2.92 bits per heavy atom. The molecule has 132 valence electrons. The number of aromatic nitrogens is 6. The minimum atomic E-state index is -1.02. The number of aryl methyl sites for hydroxylation is 1. The first kappa shape index (κ1) is 16.0. The van der Waals surface area contributed by atoms with Gasteiger partial charge in [0, 0.05) is 25.0 Å². The molecule has 4 heterocycles. The van der Waals surface area contributed by atoms with Crippen LogP contribution in [0.15, 0.2) is 24.7 Å². The van der Waals surface area contributed by atoms with Gasteiger partial charge in [-0.2, -0.15) is 5.10 Å². The second-order valence-electron chi connectivity index (χ2n) is 7.10. The van der Waals surface area contributed by atoms with E-state index in [1.807, 2.05) is 43.7 Å². The van der Waals surface area contributed by atoms with Crippen LogP contribution in [-0.4, -0.2) is 47.8 Å². The van der Waals surface area contributed by atoms with Crippen molar-refractivity contribution in [1.82, 2.24) is 29.6 Å². The zero-order valence-electron chi connectivity index (χ0n) is 14.8. The van der Waals surface area contributed by atoms with Crippen molar-refractivity contribution in [2.45, 2.75) is 45.3 Å². The first-order valence-electron chi connectivity index (χ1n) is 8.67. The molecule has 1 fully saturated rings. The maximum absolute atomic E-state index is 11.2. The molecule has 0 amide bonds. The van der Waals surface area contributed by atoms with E-state index in [1.54, 1.807) is 10.9 Å². The van der Waals surface area contributed by atoms with Crippen LogP contribution in [-0.2, 0) is 5.60 Å². The summed E-state index contributed by atoms with van der Waals surface area (Å²) in [6, 6.07) is 2.24. The molecule has 1 aliphatic rings. The topological polar surface area (TPSA) is 84.4 Å². The van der Waals surface area contributed by atoms with Crippen molar-refractivity contribution in [3.05, 3.63) is 36.0 Å². The number of rotatable bonds is 3. The van der Waals surface area contributed by atoms with Crippen molar-refractivity contribution in [3.63, 3.8) is 0 Å². The van der Waals surface area contributed by atoms with Gasteiger partial charge in [0.25, 0.3) is 0 Å². The number of nitrogens with zero attached hydrogens (tertiary/aromatic N) is 7. The molecule has 0 saturated carbocycles. The van der Waals surface area contributed by atoms with Crippen molar-refractivity contribution in [2.75, 3.05) is 18.0 Å². The van der Waals surface area contributed by atoms with E-state index in [-0.39, 0.29) is 6.04 Å². The lowest BCUT2D eigenvalue weighted by molar-refractivity contribution is 0.0175. The lowest BCUT2D eigenvalue weighted by atomic mass is 9.90. The summed E-state index contributed by atoms with van der Waals surface area (Å²) in [5, 5.41) is 24.1.